The predicted molar refractivity (Wildman–Crippen MR) is 68.8 cm³/mol. The van der Waals surface area contributed by atoms with E-state index in [1.807, 2.05) is 0 Å². The minimum absolute atomic E-state index is 0.555. The van der Waals surface area contributed by atoms with E-state index in [1.54, 1.807) is 7.11 Å². The van der Waals surface area contributed by atoms with Crippen LogP contribution in [0.3, 0.4) is 0 Å². The van der Waals surface area contributed by atoms with Gasteiger partial charge in [-0.05, 0) is 33.1 Å². The molecule has 1 N–H and O–H groups in total. The highest BCUT2D eigenvalue weighted by Gasteiger charge is 2.31. The number of likely N-dealkylation sites (tertiary alicyclic amines) is 1. The van der Waals surface area contributed by atoms with E-state index in [1.165, 1.54) is 13.1 Å². The topological polar surface area (TPSA) is 24.5 Å². The quantitative estimate of drug-likeness (QED) is 0.749. The molecule has 3 heteroatoms. The number of hydrogen-bond donors (Lipinski definition) is 1. The third-order valence-electron chi connectivity index (χ3n) is 3.62. The van der Waals surface area contributed by atoms with Crippen LogP contribution >= 0.6 is 0 Å². The molecular formula is C13H28N2O. The molecule has 0 saturated carbocycles. The number of rotatable bonds is 6. The van der Waals surface area contributed by atoms with Crippen molar-refractivity contribution in [1.82, 2.24) is 10.2 Å². The second-order valence-corrected chi connectivity index (χ2v) is 5.48. The Morgan fingerprint density at radius 3 is 2.50 bits per heavy atom. The van der Waals surface area contributed by atoms with Crippen molar-refractivity contribution in [2.75, 3.05) is 26.8 Å². The van der Waals surface area contributed by atoms with E-state index in [-0.39, 0.29) is 0 Å². The normalized spacial score (nSPS) is 28.9. The van der Waals surface area contributed by atoms with Crippen LogP contribution in [-0.2, 0) is 4.74 Å². The number of hydrogen-bond acceptors (Lipinski definition) is 3. The molecule has 1 aliphatic heterocycles. The molecule has 1 saturated heterocycles. The molecule has 16 heavy (non-hydrogen) atoms. The molecule has 1 heterocycles. The van der Waals surface area contributed by atoms with Crippen molar-refractivity contribution >= 4 is 0 Å². The smallest absolute Gasteiger partial charge is 0.0476 e. The lowest BCUT2D eigenvalue weighted by Crippen LogP contribution is -2.42. The fourth-order valence-corrected chi connectivity index (χ4v) is 2.39. The Hall–Kier alpha value is -0.120. The first kappa shape index (κ1) is 13.9. The summed E-state index contributed by atoms with van der Waals surface area (Å²) in [5.41, 5.74) is 0. The largest absolute Gasteiger partial charge is 0.385 e. The van der Waals surface area contributed by atoms with Gasteiger partial charge in [0.05, 0.1) is 0 Å². The summed E-state index contributed by atoms with van der Waals surface area (Å²) in [5, 5.41) is 3.73. The van der Waals surface area contributed by atoms with Crippen LogP contribution in [0.4, 0.5) is 0 Å². The van der Waals surface area contributed by atoms with Gasteiger partial charge >= 0.3 is 0 Å². The van der Waals surface area contributed by atoms with Crippen molar-refractivity contribution in [2.45, 2.75) is 52.2 Å². The fraction of sp³-hybridized carbons (Fsp3) is 1.00. The molecular weight excluding hydrogens is 200 g/mol. The Morgan fingerprint density at radius 1 is 1.31 bits per heavy atom. The molecule has 3 nitrogen and oxygen atoms in total. The van der Waals surface area contributed by atoms with Crippen LogP contribution in [-0.4, -0.2) is 49.8 Å². The number of nitrogens with zero attached hydrogens (tertiary/aromatic N) is 1. The first-order valence-corrected chi connectivity index (χ1v) is 6.53. The average molecular weight is 228 g/mol. The van der Waals surface area contributed by atoms with Crippen molar-refractivity contribution in [3.05, 3.63) is 0 Å². The van der Waals surface area contributed by atoms with E-state index in [4.69, 9.17) is 4.74 Å². The molecule has 1 aliphatic rings. The van der Waals surface area contributed by atoms with Crippen LogP contribution in [0.1, 0.15) is 34.1 Å². The molecule has 0 aromatic carbocycles. The summed E-state index contributed by atoms with van der Waals surface area (Å²) in [7, 11) is 1.77. The van der Waals surface area contributed by atoms with E-state index in [0.717, 1.165) is 18.9 Å². The summed E-state index contributed by atoms with van der Waals surface area (Å²) >= 11 is 0. The summed E-state index contributed by atoms with van der Waals surface area (Å²) in [4.78, 5) is 2.56. The number of nitrogens with one attached hydrogen (secondary N) is 1. The minimum Gasteiger partial charge on any atom is -0.385 e. The Morgan fingerprint density at radius 2 is 2.00 bits per heavy atom. The third kappa shape index (κ3) is 4.04. The van der Waals surface area contributed by atoms with Gasteiger partial charge in [0.15, 0.2) is 0 Å². The second-order valence-electron chi connectivity index (χ2n) is 5.48. The van der Waals surface area contributed by atoms with Gasteiger partial charge in [-0.2, -0.15) is 0 Å². The first-order valence-electron chi connectivity index (χ1n) is 6.53. The molecule has 0 aliphatic carbocycles. The van der Waals surface area contributed by atoms with E-state index in [9.17, 15) is 0 Å². The Kier molecular flexibility index (Phi) is 5.73. The molecule has 3 unspecified atom stereocenters. The maximum Gasteiger partial charge on any atom is 0.0476 e. The van der Waals surface area contributed by atoms with Crippen molar-refractivity contribution < 1.29 is 4.74 Å². The van der Waals surface area contributed by atoms with Crippen LogP contribution in [0.2, 0.25) is 0 Å². The lowest BCUT2D eigenvalue weighted by atomic mass is 10.1. The van der Waals surface area contributed by atoms with Crippen molar-refractivity contribution in [2.24, 2.45) is 5.92 Å². The van der Waals surface area contributed by atoms with Crippen LogP contribution in [0.5, 0.6) is 0 Å². The minimum atomic E-state index is 0.555. The standard InChI is InChI=1S/C13H28N2O/c1-10(2)15-8-11(3)13(9-15)14-12(4)6-7-16-5/h10-14H,6-9H2,1-5H3. The lowest BCUT2D eigenvalue weighted by molar-refractivity contribution is 0.181. The van der Waals surface area contributed by atoms with E-state index < -0.39 is 0 Å². The monoisotopic (exact) mass is 228 g/mol. The molecule has 0 amide bonds. The molecule has 0 aromatic rings. The molecule has 0 spiro atoms. The van der Waals surface area contributed by atoms with Gasteiger partial charge in [-0.3, -0.25) is 4.90 Å². The molecule has 1 rings (SSSR count). The second kappa shape index (κ2) is 6.58. The fourth-order valence-electron chi connectivity index (χ4n) is 2.39. The van der Waals surface area contributed by atoms with Crippen LogP contribution < -0.4 is 5.32 Å². The zero-order chi connectivity index (χ0) is 12.1. The molecule has 96 valence electrons. The zero-order valence-corrected chi connectivity index (χ0v) is 11.5. The summed E-state index contributed by atoms with van der Waals surface area (Å²) in [6.07, 6.45) is 1.10. The Labute approximate surface area is 101 Å². The summed E-state index contributed by atoms with van der Waals surface area (Å²) < 4.78 is 5.11. The maximum absolute atomic E-state index is 5.11. The summed E-state index contributed by atoms with van der Waals surface area (Å²) in [6, 6.07) is 1.87. The van der Waals surface area contributed by atoms with Crippen LogP contribution in [0.15, 0.2) is 0 Å². The zero-order valence-electron chi connectivity index (χ0n) is 11.5. The van der Waals surface area contributed by atoms with E-state index in [2.05, 4.69) is 37.9 Å². The third-order valence-corrected chi connectivity index (χ3v) is 3.62. The summed E-state index contributed by atoms with van der Waals surface area (Å²) in [6.45, 7) is 12.4. The van der Waals surface area contributed by atoms with Crippen molar-refractivity contribution in [3.8, 4) is 0 Å². The molecule has 0 radical (unpaired) electrons. The molecule has 3 atom stereocenters. The van der Waals surface area contributed by atoms with E-state index >= 15 is 0 Å². The number of methoxy groups -OCH3 is 1. The summed E-state index contributed by atoms with van der Waals surface area (Å²) in [5.74, 6) is 0.757. The highest BCUT2D eigenvalue weighted by atomic mass is 16.5. The average Bonchev–Trinajstić information content (AvgIpc) is 2.57. The first-order chi connectivity index (χ1) is 7.54. The van der Waals surface area contributed by atoms with Gasteiger partial charge in [-0.1, -0.05) is 6.92 Å². The lowest BCUT2D eigenvalue weighted by Gasteiger charge is -2.23. The molecule has 1 fully saturated rings. The van der Waals surface area contributed by atoms with Gasteiger partial charge in [0.1, 0.15) is 0 Å². The van der Waals surface area contributed by atoms with Gasteiger partial charge in [-0.25, -0.2) is 0 Å². The van der Waals surface area contributed by atoms with Gasteiger partial charge in [-0.15, -0.1) is 0 Å². The highest BCUT2D eigenvalue weighted by Crippen LogP contribution is 2.19. The Balaban J connectivity index is 2.32. The van der Waals surface area contributed by atoms with Gasteiger partial charge in [0.2, 0.25) is 0 Å². The van der Waals surface area contributed by atoms with Gasteiger partial charge in [0.25, 0.3) is 0 Å². The van der Waals surface area contributed by atoms with Crippen LogP contribution in [0, 0.1) is 5.92 Å². The predicted octanol–water partition coefficient (Wildman–Crippen LogP) is 1.73. The van der Waals surface area contributed by atoms with Gasteiger partial charge in [0, 0.05) is 44.9 Å². The van der Waals surface area contributed by atoms with Crippen molar-refractivity contribution in [3.63, 3.8) is 0 Å². The molecule has 0 aromatic heterocycles. The van der Waals surface area contributed by atoms with Crippen LogP contribution in [0.25, 0.3) is 0 Å². The van der Waals surface area contributed by atoms with E-state index in [0.29, 0.717) is 18.1 Å². The Bertz CT molecular complexity index is 196. The highest BCUT2D eigenvalue weighted by molar-refractivity contribution is 4.89. The number of ether oxygens (including phenoxy) is 1. The van der Waals surface area contributed by atoms with Gasteiger partial charge < -0.3 is 10.1 Å². The molecule has 0 bridgehead atoms. The maximum atomic E-state index is 5.11. The van der Waals surface area contributed by atoms with Crippen molar-refractivity contribution in [1.29, 1.82) is 0 Å². The SMILES string of the molecule is COCCC(C)NC1CN(C(C)C)CC1C.